The van der Waals surface area contributed by atoms with Gasteiger partial charge in [-0.15, -0.1) is 11.3 Å². The summed E-state index contributed by atoms with van der Waals surface area (Å²) in [5.41, 5.74) is 0.708. The van der Waals surface area contributed by atoms with Gasteiger partial charge in [0.25, 0.3) is 0 Å². The summed E-state index contributed by atoms with van der Waals surface area (Å²) in [5.74, 6) is -1.54. The standard InChI is InChI=1S/C14H8FNO4S/c15-10-4-8(17)1-2-9(10)13-16-11(6-21-13)12-3-7(5-20-12)14(18)19/h1-6,17H,(H,18,19). The quantitative estimate of drug-likeness (QED) is 0.772. The van der Waals surface area contributed by atoms with Crippen molar-refractivity contribution in [3.8, 4) is 27.8 Å². The molecule has 5 nitrogen and oxygen atoms in total. The second kappa shape index (κ2) is 5.02. The number of benzene rings is 1. The van der Waals surface area contributed by atoms with Crippen molar-refractivity contribution in [1.82, 2.24) is 4.98 Å². The Balaban J connectivity index is 1.97. The van der Waals surface area contributed by atoms with E-state index in [2.05, 4.69) is 4.98 Å². The molecule has 21 heavy (non-hydrogen) atoms. The lowest BCUT2D eigenvalue weighted by atomic mass is 10.2. The number of carbonyl (C=O) groups is 1. The number of hydrogen-bond acceptors (Lipinski definition) is 5. The van der Waals surface area contributed by atoms with Gasteiger partial charge in [0.2, 0.25) is 0 Å². The Morgan fingerprint density at radius 3 is 2.81 bits per heavy atom. The maximum Gasteiger partial charge on any atom is 0.338 e. The number of aromatic hydroxyl groups is 1. The lowest BCUT2D eigenvalue weighted by Crippen LogP contribution is -1.91. The van der Waals surface area contributed by atoms with Gasteiger partial charge in [-0.05, 0) is 12.1 Å². The molecule has 0 unspecified atom stereocenters. The highest BCUT2D eigenvalue weighted by Gasteiger charge is 2.15. The molecule has 0 radical (unpaired) electrons. The lowest BCUT2D eigenvalue weighted by molar-refractivity contribution is 0.0696. The number of hydrogen-bond donors (Lipinski definition) is 2. The molecule has 2 aromatic heterocycles. The first-order valence-corrected chi connectivity index (χ1v) is 6.69. The topological polar surface area (TPSA) is 83.6 Å². The van der Waals surface area contributed by atoms with Crippen LogP contribution < -0.4 is 0 Å². The third kappa shape index (κ3) is 2.50. The van der Waals surface area contributed by atoms with Crippen molar-refractivity contribution in [1.29, 1.82) is 0 Å². The summed E-state index contributed by atoms with van der Waals surface area (Å²) >= 11 is 1.19. The van der Waals surface area contributed by atoms with E-state index in [4.69, 9.17) is 9.52 Å². The molecule has 0 atom stereocenters. The maximum atomic E-state index is 13.8. The fourth-order valence-electron chi connectivity index (χ4n) is 1.77. The molecule has 0 aliphatic rings. The molecule has 2 N–H and O–H groups in total. The molecule has 2 heterocycles. The van der Waals surface area contributed by atoms with E-state index in [0.29, 0.717) is 16.5 Å². The molecule has 0 amide bonds. The van der Waals surface area contributed by atoms with Crippen LogP contribution in [0.4, 0.5) is 4.39 Å². The van der Waals surface area contributed by atoms with E-state index >= 15 is 0 Å². The van der Waals surface area contributed by atoms with Crippen molar-refractivity contribution in [2.45, 2.75) is 0 Å². The number of nitrogens with zero attached hydrogens (tertiary/aromatic N) is 1. The molecule has 3 aromatic rings. The van der Waals surface area contributed by atoms with Gasteiger partial charge >= 0.3 is 5.97 Å². The van der Waals surface area contributed by atoms with Gasteiger partial charge in [-0.2, -0.15) is 0 Å². The van der Waals surface area contributed by atoms with Crippen molar-refractivity contribution in [3.05, 3.63) is 47.3 Å². The van der Waals surface area contributed by atoms with E-state index < -0.39 is 11.8 Å². The summed E-state index contributed by atoms with van der Waals surface area (Å²) in [4.78, 5) is 15.0. The zero-order valence-corrected chi connectivity index (χ0v) is 11.2. The molecule has 0 fully saturated rings. The molecule has 0 aliphatic carbocycles. The zero-order chi connectivity index (χ0) is 15.0. The minimum atomic E-state index is -1.09. The Hall–Kier alpha value is -2.67. The third-order valence-electron chi connectivity index (χ3n) is 2.79. The zero-order valence-electron chi connectivity index (χ0n) is 10.4. The van der Waals surface area contributed by atoms with E-state index in [1.165, 1.54) is 29.5 Å². The van der Waals surface area contributed by atoms with Crippen LogP contribution in [-0.2, 0) is 0 Å². The molecular formula is C14H8FNO4S. The average molecular weight is 305 g/mol. The largest absolute Gasteiger partial charge is 0.508 e. The van der Waals surface area contributed by atoms with Crippen molar-refractivity contribution >= 4 is 17.3 Å². The summed E-state index contributed by atoms with van der Waals surface area (Å²) in [6, 6.07) is 5.16. The number of carboxylic acids is 1. The monoisotopic (exact) mass is 305 g/mol. The van der Waals surface area contributed by atoms with Crippen LogP contribution in [0.5, 0.6) is 5.75 Å². The van der Waals surface area contributed by atoms with Gasteiger partial charge in [0.15, 0.2) is 5.76 Å². The maximum absolute atomic E-state index is 13.8. The first-order valence-electron chi connectivity index (χ1n) is 5.81. The SMILES string of the molecule is O=C(O)c1coc(-c2csc(-c3ccc(O)cc3F)n2)c1. The Kier molecular flexibility index (Phi) is 3.19. The first kappa shape index (κ1) is 13.3. The molecule has 0 bridgehead atoms. The molecule has 106 valence electrons. The van der Waals surface area contributed by atoms with Crippen LogP contribution in [0.15, 0.2) is 40.3 Å². The summed E-state index contributed by atoms with van der Waals surface area (Å²) in [5, 5.41) is 20.1. The van der Waals surface area contributed by atoms with Gasteiger partial charge in [0.1, 0.15) is 28.5 Å². The van der Waals surface area contributed by atoms with Crippen LogP contribution in [0, 0.1) is 5.82 Å². The molecule has 1 aromatic carbocycles. The van der Waals surface area contributed by atoms with Crippen LogP contribution in [0.2, 0.25) is 0 Å². The smallest absolute Gasteiger partial charge is 0.338 e. The minimum absolute atomic E-state index is 0.0235. The van der Waals surface area contributed by atoms with Crippen molar-refractivity contribution in [2.24, 2.45) is 0 Å². The molecule has 3 rings (SSSR count). The van der Waals surface area contributed by atoms with Gasteiger partial charge in [0.05, 0.1) is 5.56 Å². The van der Waals surface area contributed by atoms with E-state index in [0.717, 1.165) is 12.3 Å². The molecule has 0 spiro atoms. The molecule has 0 saturated carbocycles. The van der Waals surface area contributed by atoms with Gasteiger partial charge in [-0.25, -0.2) is 14.2 Å². The predicted molar refractivity (Wildman–Crippen MR) is 73.8 cm³/mol. The Morgan fingerprint density at radius 1 is 1.33 bits per heavy atom. The van der Waals surface area contributed by atoms with Gasteiger partial charge < -0.3 is 14.6 Å². The van der Waals surface area contributed by atoms with E-state index in [1.807, 2.05) is 0 Å². The highest BCUT2D eigenvalue weighted by atomic mass is 32.1. The highest BCUT2D eigenvalue weighted by molar-refractivity contribution is 7.13. The molecule has 7 heteroatoms. The summed E-state index contributed by atoms with van der Waals surface area (Å²) in [7, 11) is 0. The second-order valence-corrected chi connectivity index (χ2v) is 5.06. The third-order valence-corrected chi connectivity index (χ3v) is 3.66. The number of aromatic nitrogens is 1. The van der Waals surface area contributed by atoms with Gasteiger partial charge in [-0.1, -0.05) is 0 Å². The van der Waals surface area contributed by atoms with Gasteiger partial charge in [0, 0.05) is 23.1 Å². The van der Waals surface area contributed by atoms with Crippen LogP contribution >= 0.6 is 11.3 Å². The normalized spacial score (nSPS) is 10.7. The number of phenolic OH excluding ortho intramolecular Hbond substituents is 1. The fourth-order valence-corrected chi connectivity index (χ4v) is 2.61. The lowest BCUT2D eigenvalue weighted by Gasteiger charge is -1.99. The summed E-state index contributed by atoms with van der Waals surface area (Å²) in [6.45, 7) is 0. The Bertz CT molecular complexity index is 824. The summed E-state index contributed by atoms with van der Waals surface area (Å²) < 4.78 is 18.9. The second-order valence-electron chi connectivity index (χ2n) is 4.21. The minimum Gasteiger partial charge on any atom is -0.508 e. The Labute approximate surface area is 121 Å². The van der Waals surface area contributed by atoms with E-state index in [9.17, 15) is 14.3 Å². The Morgan fingerprint density at radius 2 is 2.14 bits per heavy atom. The molecule has 0 saturated heterocycles. The van der Waals surface area contributed by atoms with Crippen molar-refractivity contribution < 1.29 is 23.8 Å². The van der Waals surface area contributed by atoms with Crippen molar-refractivity contribution in [2.75, 3.05) is 0 Å². The number of phenols is 1. The van der Waals surface area contributed by atoms with Crippen molar-refractivity contribution in [3.63, 3.8) is 0 Å². The predicted octanol–water partition coefficient (Wildman–Crippen LogP) is 3.61. The van der Waals surface area contributed by atoms with Crippen LogP contribution in [0.25, 0.3) is 22.0 Å². The summed E-state index contributed by atoms with van der Waals surface area (Å²) in [6.07, 6.45) is 1.12. The van der Waals surface area contributed by atoms with E-state index in [-0.39, 0.29) is 16.9 Å². The number of thiazole rings is 1. The number of halogens is 1. The first-order chi connectivity index (χ1) is 10.0. The van der Waals surface area contributed by atoms with Crippen LogP contribution in [0.1, 0.15) is 10.4 Å². The van der Waals surface area contributed by atoms with E-state index in [1.54, 1.807) is 5.38 Å². The molecule has 0 aliphatic heterocycles. The van der Waals surface area contributed by atoms with Gasteiger partial charge in [-0.3, -0.25) is 0 Å². The number of rotatable bonds is 3. The van der Waals surface area contributed by atoms with Crippen LogP contribution in [0.3, 0.4) is 0 Å². The highest BCUT2D eigenvalue weighted by Crippen LogP contribution is 2.32. The van der Waals surface area contributed by atoms with Crippen LogP contribution in [-0.4, -0.2) is 21.2 Å². The molecular weight excluding hydrogens is 297 g/mol. The number of aromatic carboxylic acids is 1. The average Bonchev–Trinajstić information content (AvgIpc) is 3.07. The fraction of sp³-hybridized carbons (Fsp3) is 0. The number of furan rings is 1. The number of carboxylic acid groups (broad SMARTS) is 1.